The minimum absolute atomic E-state index is 0.128. The van der Waals surface area contributed by atoms with Gasteiger partial charge in [0, 0.05) is 25.3 Å². The third-order valence-electron chi connectivity index (χ3n) is 4.38. The van der Waals surface area contributed by atoms with Crippen molar-refractivity contribution in [3.63, 3.8) is 0 Å². The van der Waals surface area contributed by atoms with Crippen LogP contribution in [0.3, 0.4) is 0 Å². The van der Waals surface area contributed by atoms with Crippen LogP contribution in [0.5, 0.6) is 0 Å². The lowest BCUT2D eigenvalue weighted by molar-refractivity contribution is 0.0668. The van der Waals surface area contributed by atoms with Crippen molar-refractivity contribution in [3.8, 4) is 0 Å². The second-order valence-corrected chi connectivity index (χ2v) is 5.83. The first kappa shape index (κ1) is 17.9. The molecular weight excluding hydrogens is 262 g/mol. The molecule has 0 radical (unpaired) electrons. The molecule has 1 aromatic carbocycles. The molecular formula is C18H29NO2. The van der Waals surface area contributed by atoms with Crippen molar-refractivity contribution >= 4 is 5.78 Å². The van der Waals surface area contributed by atoms with Crippen LogP contribution in [0.1, 0.15) is 48.7 Å². The van der Waals surface area contributed by atoms with E-state index in [1.165, 1.54) is 11.1 Å². The van der Waals surface area contributed by atoms with E-state index in [1.807, 2.05) is 32.0 Å². The minimum Gasteiger partial charge on any atom is -0.383 e. The Bertz CT molecular complexity index is 470. The third-order valence-corrected chi connectivity index (χ3v) is 4.38. The average molecular weight is 291 g/mol. The van der Waals surface area contributed by atoms with Gasteiger partial charge in [0.25, 0.3) is 0 Å². The van der Waals surface area contributed by atoms with Crippen LogP contribution in [0, 0.1) is 13.8 Å². The Morgan fingerprint density at radius 1 is 1.24 bits per heavy atom. The number of carbonyl (C=O) groups is 1. The van der Waals surface area contributed by atoms with Crippen molar-refractivity contribution < 1.29 is 9.53 Å². The summed E-state index contributed by atoms with van der Waals surface area (Å²) in [5, 5.41) is 0. The van der Waals surface area contributed by atoms with Gasteiger partial charge in [-0.2, -0.15) is 0 Å². The van der Waals surface area contributed by atoms with Gasteiger partial charge in [-0.05, 0) is 51.3 Å². The Morgan fingerprint density at radius 2 is 1.90 bits per heavy atom. The van der Waals surface area contributed by atoms with Crippen LogP contribution in [0.25, 0.3) is 0 Å². The molecule has 3 nitrogen and oxygen atoms in total. The standard InChI is InChI=1S/C18H29NO2/c1-7-15(4)19(10-11-21-6)16(5)18(20)17-9-8-13(2)14(3)12-17/h8-9,12,15-16H,7,10-11H2,1-6H3. The Hall–Kier alpha value is -1.19. The topological polar surface area (TPSA) is 29.5 Å². The van der Waals surface area contributed by atoms with Gasteiger partial charge in [0.2, 0.25) is 0 Å². The number of hydrogen-bond acceptors (Lipinski definition) is 3. The summed E-state index contributed by atoms with van der Waals surface area (Å²) in [5.74, 6) is 0.189. The molecule has 21 heavy (non-hydrogen) atoms. The van der Waals surface area contributed by atoms with E-state index in [0.717, 1.165) is 18.5 Å². The van der Waals surface area contributed by atoms with E-state index >= 15 is 0 Å². The summed E-state index contributed by atoms with van der Waals surface area (Å²) >= 11 is 0. The van der Waals surface area contributed by atoms with E-state index in [4.69, 9.17) is 4.74 Å². The van der Waals surface area contributed by atoms with Crippen LogP contribution >= 0.6 is 0 Å². The Morgan fingerprint density at radius 3 is 2.43 bits per heavy atom. The number of hydrogen-bond donors (Lipinski definition) is 0. The van der Waals surface area contributed by atoms with E-state index in [2.05, 4.69) is 25.7 Å². The molecule has 0 N–H and O–H groups in total. The highest BCUT2D eigenvalue weighted by Crippen LogP contribution is 2.16. The number of ketones is 1. The van der Waals surface area contributed by atoms with Crippen LogP contribution in [0.2, 0.25) is 0 Å². The fourth-order valence-corrected chi connectivity index (χ4v) is 2.51. The molecule has 0 amide bonds. The van der Waals surface area contributed by atoms with Gasteiger partial charge in [-0.15, -0.1) is 0 Å². The normalized spacial score (nSPS) is 14.2. The Balaban J connectivity index is 2.92. The third kappa shape index (κ3) is 4.65. The Labute approximate surface area is 129 Å². The van der Waals surface area contributed by atoms with Gasteiger partial charge in [-0.3, -0.25) is 9.69 Å². The zero-order valence-corrected chi connectivity index (χ0v) is 14.3. The van der Waals surface area contributed by atoms with Gasteiger partial charge in [0.1, 0.15) is 0 Å². The van der Waals surface area contributed by atoms with Gasteiger partial charge < -0.3 is 4.74 Å². The molecule has 0 aliphatic carbocycles. The lowest BCUT2D eigenvalue weighted by atomic mass is 9.98. The second kappa shape index (κ2) is 8.30. The summed E-state index contributed by atoms with van der Waals surface area (Å²) in [6.07, 6.45) is 1.02. The van der Waals surface area contributed by atoms with Crippen molar-refractivity contribution in [2.45, 2.75) is 53.1 Å². The van der Waals surface area contributed by atoms with Crippen LogP contribution in [0.4, 0.5) is 0 Å². The summed E-state index contributed by atoms with van der Waals surface area (Å²) < 4.78 is 5.18. The van der Waals surface area contributed by atoms with Gasteiger partial charge in [0.05, 0.1) is 12.6 Å². The molecule has 1 rings (SSSR count). The molecule has 1 aromatic rings. The molecule has 0 aromatic heterocycles. The first-order valence-electron chi connectivity index (χ1n) is 7.78. The minimum atomic E-state index is -0.128. The predicted molar refractivity (Wildman–Crippen MR) is 88.0 cm³/mol. The molecule has 2 atom stereocenters. The summed E-state index contributed by atoms with van der Waals surface area (Å²) in [6, 6.07) is 6.20. The number of benzene rings is 1. The smallest absolute Gasteiger partial charge is 0.179 e. The summed E-state index contributed by atoms with van der Waals surface area (Å²) in [6.45, 7) is 11.9. The highest BCUT2D eigenvalue weighted by molar-refractivity contribution is 6.00. The summed E-state index contributed by atoms with van der Waals surface area (Å²) in [5.41, 5.74) is 3.19. The molecule has 0 fully saturated rings. The number of carbonyl (C=O) groups excluding carboxylic acids is 1. The molecule has 0 aliphatic heterocycles. The van der Waals surface area contributed by atoms with Crippen LogP contribution in [-0.2, 0) is 4.74 Å². The lowest BCUT2D eigenvalue weighted by Crippen LogP contribution is -2.46. The van der Waals surface area contributed by atoms with Gasteiger partial charge in [-0.25, -0.2) is 0 Å². The number of ether oxygens (including phenoxy) is 1. The van der Waals surface area contributed by atoms with Crippen LogP contribution in [-0.4, -0.2) is 43.0 Å². The predicted octanol–water partition coefficient (Wildman–Crippen LogP) is 3.62. The number of nitrogens with zero attached hydrogens (tertiary/aromatic N) is 1. The SMILES string of the molecule is CCC(C)N(CCOC)C(C)C(=O)c1ccc(C)c(C)c1. The molecule has 0 saturated carbocycles. The number of methoxy groups -OCH3 is 1. The monoisotopic (exact) mass is 291 g/mol. The average Bonchev–Trinajstić information content (AvgIpc) is 2.49. The first-order chi connectivity index (χ1) is 9.92. The fourth-order valence-electron chi connectivity index (χ4n) is 2.51. The maximum absolute atomic E-state index is 12.8. The van der Waals surface area contributed by atoms with Crippen LogP contribution < -0.4 is 0 Å². The summed E-state index contributed by atoms with van der Waals surface area (Å²) in [4.78, 5) is 15.0. The number of aryl methyl sites for hydroxylation is 2. The second-order valence-electron chi connectivity index (χ2n) is 5.83. The summed E-state index contributed by atoms with van der Waals surface area (Å²) in [7, 11) is 1.70. The molecule has 0 aliphatic rings. The van der Waals surface area contributed by atoms with E-state index in [9.17, 15) is 4.79 Å². The number of rotatable bonds is 8. The van der Waals surface area contributed by atoms with Gasteiger partial charge in [-0.1, -0.05) is 19.1 Å². The van der Waals surface area contributed by atoms with Crippen molar-refractivity contribution in [1.29, 1.82) is 0 Å². The van der Waals surface area contributed by atoms with E-state index in [-0.39, 0.29) is 11.8 Å². The van der Waals surface area contributed by atoms with Gasteiger partial charge in [0.15, 0.2) is 5.78 Å². The highest BCUT2D eigenvalue weighted by Gasteiger charge is 2.25. The number of Topliss-reactive ketones (excluding diaryl/α,β-unsaturated/α-hetero) is 1. The van der Waals surface area contributed by atoms with Gasteiger partial charge >= 0.3 is 0 Å². The molecule has 118 valence electrons. The van der Waals surface area contributed by atoms with E-state index in [0.29, 0.717) is 12.6 Å². The molecule has 0 saturated heterocycles. The zero-order chi connectivity index (χ0) is 16.0. The molecule has 0 heterocycles. The van der Waals surface area contributed by atoms with E-state index in [1.54, 1.807) is 7.11 Å². The maximum Gasteiger partial charge on any atom is 0.179 e. The molecule has 0 bridgehead atoms. The fraction of sp³-hybridized carbons (Fsp3) is 0.611. The molecule has 0 spiro atoms. The van der Waals surface area contributed by atoms with Crippen molar-refractivity contribution in [2.24, 2.45) is 0 Å². The van der Waals surface area contributed by atoms with Crippen molar-refractivity contribution in [3.05, 3.63) is 34.9 Å². The zero-order valence-electron chi connectivity index (χ0n) is 14.3. The van der Waals surface area contributed by atoms with Crippen molar-refractivity contribution in [1.82, 2.24) is 4.90 Å². The molecule has 3 heteroatoms. The van der Waals surface area contributed by atoms with Crippen molar-refractivity contribution in [2.75, 3.05) is 20.3 Å². The maximum atomic E-state index is 12.8. The largest absolute Gasteiger partial charge is 0.383 e. The quantitative estimate of drug-likeness (QED) is 0.685. The first-order valence-corrected chi connectivity index (χ1v) is 7.78. The molecule has 2 unspecified atom stereocenters. The highest BCUT2D eigenvalue weighted by atomic mass is 16.5. The lowest BCUT2D eigenvalue weighted by Gasteiger charge is -2.33. The van der Waals surface area contributed by atoms with Crippen LogP contribution in [0.15, 0.2) is 18.2 Å². The Kier molecular flexibility index (Phi) is 7.06. The van der Waals surface area contributed by atoms with E-state index < -0.39 is 0 Å².